The molecule has 106 valence electrons. The Morgan fingerprint density at radius 2 is 2.16 bits per heavy atom. The van der Waals surface area contributed by atoms with E-state index in [4.69, 9.17) is 11.6 Å². The van der Waals surface area contributed by atoms with Crippen molar-refractivity contribution in [1.29, 1.82) is 0 Å². The Balaban J connectivity index is 0.00000180. The third-order valence-corrected chi connectivity index (χ3v) is 4.31. The van der Waals surface area contributed by atoms with E-state index in [1.807, 2.05) is 40.9 Å². The maximum absolute atomic E-state index is 12.1. The van der Waals surface area contributed by atoms with E-state index in [9.17, 15) is 4.79 Å². The Morgan fingerprint density at radius 3 is 2.79 bits per heavy atom. The van der Waals surface area contributed by atoms with Gasteiger partial charge in [-0.25, -0.2) is 0 Å². The van der Waals surface area contributed by atoms with Gasteiger partial charge in [0.2, 0.25) is 5.91 Å². The van der Waals surface area contributed by atoms with E-state index in [1.165, 1.54) is 0 Å². The molecule has 1 aromatic rings. The first kappa shape index (κ1) is 16.6. The van der Waals surface area contributed by atoms with Gasteiger partial charge in [0.15, 0.2) is 0 Å². The van der Waals surface area contributed by atoms with Gasteiger partial charge < -0.3 is 10.2 Å². The van der Waals surface area contributed by atoms with Gasteiger partial charge in [-0.15, -0.1) is 12.4 Å². The average Bonchev–Trinajstić information content (AvgIpc) is 2.40. The van der Waals surface area contributed by atoms with Gasteiger partial charge in [0.1, 0.15) is 0 Å². The van der Waals surface area contributed by atoms with Crippen LogP contribution in [0.2, 0.25) is 5.02 Å². The molecule has 0 spiro atoms. The number of likely N-dealkylation sites (N-methyl/N-ethyl adjacent to an activating group) is 1. The van der Waals surface area contributed by atoms with E-state index in [1.54, 1.807) is 7.05 Å². The smallest absolute Gasteiger partial charge is 0.237 e. The van der Waals surface area contributed by atoms with E-state index >= 15 is 0 Å². The highest BCUT2D eigenvalue weighted by Gasteiger charge is 2.27. The number of nitrogens with zero attached hydrogens (tertiary/aromatic N) is 1. The summed E-state index contributed by atoms with van der Waals surface area (Å²) in [6.45, 7) is 1.22. The third-order valence-electron chi connectivity index (χ3n) is 3.03. The Labute approximate surface area is 129 Å². The largest absolute Gasteiger partial charge is 0.333 e. The second-order valence-corrected chi connectivity index (χ2v) is 5.85. The van der Waals surface area contributed by atoms with Gasteiger partial charge in [-0.3, -0.25) is 4.79 Å². The number of hydrogen-bond donors (Lipinski definition) is 1. The highest BCUT2D eigenvalue weighted by Crippen LogP contribution is 2.30. The van der Waals surface area contributed by atoms with Crippen molar-refractivity contribution in [1.82, 2.24) is 10.2 Å². The van der Waals surface area contributed by atoms with Crippen molar-refractivity contribution in [2.75, 3.05) is 31.6 Å². The first-order chi connectivity index (χ1) is 8.72. The van der Waals surface area contributed by atoms with Crippen molar-refractivity contribution in [3.8, 4) is 0 Å². The molecule has 1 amide bonds. The van der Waals surface area contributed by atoms with Crippen molar-refractivity contribution in [3.63, 3.8) is 0 Å². The van der Waals surface area contributed by atoms with Crippen LogP contribution < -0.4 is 5.32 Å². The maximum atomic E-state index is 12.1. The zero-order valence-electron chi connectivity index (χ0n) is 10.8. The lowest BCUT2D eigenvalue weighted by Gasteiger charge is -2.35. The predicted molar refractivity (Wildman–Crippen MR) is 84.4 cm³/mol. The van der Waals surface area contributed by atoms with Gasteiger partial charge in [0.05, 0.1) is 12.6 Å². The summed E-state index contributed by atoms with van der Waals surface area (Å²) in [7, 11) is 1.80. The molecule has 6 heteroatoms. The van der Waals surface area contributed by atoms with Crippen LogP contribution in [0.25, 0.3) is 0 Å². The van der Waals surface area contributed by atoms with Crippen LogP contribution in [0.4, 0.5) is 0 Å². The molecule has 1 unspecified atom stereocenters. The van der Waals surface area contributed by atoms with Gasteiger partial charge >= 0.3 is 0 Å². The second kappa shape index (κ2) is 8.00. The second-order valence-electron chi connectivity index (χ2n) is 4.26. The maximum Gasteiger partial charge on any atom is 0.237 e. The molecule has 2 rings (SSSR count). The molecule has 0 saturated carbocycles. The molecule has 1 fully saturated rings. The van der Waals surface area contributed by atoms with Crippen molar-refractivity contribution in [2.24, 2.45) is 0 Å². The number of carbonyl (C=O) groups excluding carboxylic acids is 1. The van der Waals surface area contributed by atoms with Crippen molar-refractivity contribution < 1.29 is 4.79 Å². The summed E-state index contributed by atoms with van der Waals surface area (Å²) in [5.74, 6) is 2.13. The summed E-state index contributed by atoms with van der Waals surface area (Å²) < 4.78 is 0. The molecule has 1 heterocycles. The number of amides is 1. The number of rotatable bonds is 3. The highest BCUT2D eigenvalue weighted by atomic mass is 35.5. The molecule has 1 aliphatic rings. The molecule has 0 aliphatic carbocycles. The number of benzene rings is 1. The number of halogens is 2. The van der Waals surface area contributed by atoms with Gasteiger partial charge in [-0.1, -0.05) is 23.7 Å². The first-order valence-corrected chi connectivity index (χ1v) is 7.53. The van der Waals surface area contributed by atoms with Crippen LogP contribution in [0.3, 0.4) is 0 Å². The molecule has 3 nitrogen and oxygen atoms in total. The SMILES string of the molecule is CNCC(=O)N1CCSCC1c1ccc(Cl)cc1.Cl. The van der Waals surface area contributed by atoms with E-state index in [2.05, 4.69) is 5.32 Å². The van der Waals surface area contributed by atoms with Crippen molar-refractivity contribution in [2.45, 2.75) is 6.04 Å². The lowest BCUT2D eigenvalue weighted by Crippen LogP contribution is -2.44. The van der Waals surface area contributed by atoms with Crippen LogP contribution in [0.15, 0.2) is 24.3 Å². The van der Waals surface area contributed by atoms with Crippen molar-refractivity contribution >= 4 is 41.7 Å². The summed E-state index contributed by atoms with van der Waals surface area (Å²) >= 11 is 7.80. The molecule has 0 bridgehead atoms. The molecule has 0 aromatic heterocycles. The lowest BCUT2D eigenvalue weighted by molar-refractivity contribution is -0.132. The van der Waals surface area contributed by atoms with Crippen LogP contribution in [-0.2, 0) is 4.79 Å². The zero-order chi connectivity index (χ0) is 13.0. The zero-order valence-corrected chi connectivity index (χ0v) is 13.2. The minimum atomic E-state index is 0. The molecule has 1 saturated heterocycles. The number of nitrogens with one attached hydrogen (secondary N) is 1. The predicted octanol–water partition coefficient (Wildman–Crippen LogP) is 2.60. The quantitative estimate of drug-likeness (QED) is 0.929. The van der Waals surface area contributed by atoms with Crippen LogP contribution in [0, 0.1) is 0 Å². The monoisotopic (exact) mass is 320 g/mol. The van der Waals surface area contributed by atoms with Crippen LogP contribution in [0.1, 0.15) is 11.6 Å². The van der Waals surface area contributed by atoms with Crippen molar-refractivity contribution in [3.05, 3.63) is 34.9 Å². The van der Waals surface area contributed by atoms with E-state index < -0.39 is 0 Å². The minimum Gasteiger partial charge on any atom is -0.333 e. The molecule has 19 heavy (non-hydrogen) atoms. The standard InChI is InChI=1S/C13H17ClN2OS.ClH/c1-15-8-13(17)16-6-7-18-9-12(16)10-2-4-11(14)5-3-10;/h2-5,12,15H,6-9H2,1H3;1H. The fraction of sp³-hybridized carbons (Fsp3) is 0.462. The minimum absolute atomic E-state index is 0. The summed E-state index contributed by atoms with van der Waals surface area (Å²) in [6.07, 6.45) is 0. The molecule has 1 aromatic carbocycles. The summed E-state index contributed by atoms with van der Waals surface area (Å²) in [6, 6.07) is 7.96. The van der Waals surface area contributed by atoms with E-state index in [0.29, 0.717) is 6.54 Å². The fourth-order valence-electron chi connectivity index (χ4n) is 2.12. The summed E-state index contributed by atoms with van der Waals surface area (Å²) in [5.41, 5.74) is 1.16. The Bertz CT molecular complexity index is 414. The van der Waals surface area contributed by atoms with E-state index in [0.717, 1.165) is 28.6 Å². The third kappa shape index (κ3) is 4.28. The van der Waals surface area contributed by atoms with Gasteiger partial charge in [0, 0.05) is 23.1 Å². The first-order valence-electron chi connectivity index (χ1n) is 5.99. The van der Waals surface area contributed by atoms with Gasteiger partial charge in [0.25, 0.3) is 0 Å². The highest BCUT2D eigenvalue weighted by molar-refractivity contribution is 7.99. The van der Waals surface area contributed by atoms with Crippen LogP contribution in [0.5, 0.6) is 0 Å². The topological polar surface area (TPSA) is 32.3 Å². The Morgan fingerprint density at radius 1 is 1.47 bits per heavy atom. The molecular formula is C13H18Cl2N2OS. The lowest BCUT2D eigenvalue weighted by atomic mass is 10.1. The molecule has 0 radical (unpaired) electrons. The number of hydrogen-bond acceptors (Lipinski definition) is 3. The normalized spacial score (nSPS) is 18.8. The fourth-order valence-corrected chi connectivity index (χ4v) is 3.33. The number of carbonyl (C=O) groups is 1. The van der Waals surface area contributed by atoms with Crippen LogP contribution in [-0.4, -0.2) is 42.4 Å². The molecule has 1 aliphatic heterocycles. The van der Waals surface area contributed by atoms with E-state index in [-0.39, 0.29) is 24.4 Å². The molecular weight excluding hydrogens is 303 g/mol. The average molecular weight is 321 g/mol. The summed E-state index contributed by atoms with van der Waals surface area (Å²) in [5, 5.41) is 3.66. The van der Waals surface area contributed by atoms with Gasteiger partial charge in [-0.05, 0) is 24.7 Å². The Kier molecular flexibility index (Phi) is 7.00. The van der Waals surface area contributed by atoms with Crippen LogP contribution >= 0.6 is 35.8 Å². The number of thioether (sulfide) groups is 1. The van der Waals surface area contributed by atoms with Gasteiger partial charge in [-0.2, -0.15) is 11.8 Å². The Hall–Kier alpha value is -0.420. The molecule has 1 atom stereocenters. The summed E-state index contributed by atoms with van der Waals surface area (Å²) in [4.78, 5) is 14.0. The molecule has 1 N–H and O–H groups in total.